The molecular formula is C7H3N3. The quantitative estimate of drug-likeness (QED) is 0.474. The first-order valence-electron chi connectivity index (χ1n) is 2.56. The summed E-state index contributed by atoms with van der Waals surface area (Å²) >= 11 is 0. The molecule has 0 saturated carbocycles. The molecule has 0 aromatic carbocycles. The number of nitriles is 1. The second-order valence-electron chi connectivity index (χ2n) is 1.51. The van der Waals surface area contributed by atoms with E-state index in [9.17, 15) is 0 Å². The number of hydrogen-bond acceptors (Lipinski definition) is 3. The average molecular weight is 129 g/mol. The van der Waals surface area contributed by atoms with Gasteiger partial charge in [-0.3, -0.25) is 0 Å². The number of hydrogen-bond donors (Lipinski definition) is 0. The maximum Gasteiger partial charge on any atom is 0.174 e. The lowest BCUT2D eigenvalue weighted by molar-refractivity contribution is 1.14. The van der Waals surface area contributed by atoms with E-state index in [4.69, 9.17) is 11.7 Å². The molecule has 1 aromatic rings. The van der Waals surface area contributed by atoms with Crippen molar-refractivity contribution in [3.8, 4) is 18.4 Å². The van der Waals surface area contributed by atoms with Crippen molar-refractivity contribution in [3.05, 3.63) is 23.8 Å². The Balaban J connectivity index is 3.28. The van der Waals surface area contributed by atoms with Crippen molar-refractivity contribution in [3.63, 3.8) is 0 Å². The minimum Gasteiger partial charge on any atom is -0.243 e. The maximum absolute atomic E-state index is 8.40. The van der Waals surface area contributed by atoms with Gasteiger partial charge >= 0.3 is 0 Å². The van der Waals surface area contributed by atoms with Crippen LogP contribution in [0.5, 0.6) is 0 Å². The van der Waals surface area contributed by atoms with E-state index in [1.807, 2.05) is 6.07 Å². The summed E-state index contributed by atoms with van der Waals surface area (Å²) in [6, 6.07) is 1.83. The first-order chi connectivity index (χ1) is 4.88. The number of rotatable bonds is 0. The van der Waals surface area contributed by atoms with Gasteiger partial charge in [-0.05, 0) is 5.92 Å². The van der Waals surface area contributed by atoms with Gasteiger partial charge in [-0.15, -0.1) is 6.42 Å². The molecule has 46 valence electrons. The minimum absolute atomic E-state index is 0.199. The molecule has 10 heavy (non-hydrogen) atoms. The first-order valence-corrected chi connectivity index (χ1v) is 2.56. The third kappa shape index (κ3) is 0.936. The van der Waals surface area contributed by atoms with Crippen LogP contribution in [-0.2, 0) is 0 Å². The predicted molar refractivity (Wildman–Crippen MR) is 34.7 cm³/mol. The molecule has 0 aliphatic heterocycles. The fraction of sp³-hybridized carbons (Fsp3) is 0. The van der Waals surface area contributed by atoms with Crippen LogP contribution in [0.15, 0.2) is 12.4 Å². The van der Waals surface area contributed by atoms with Gasteiger partial charge in [0, 0.05) is 12.4 Å². The Morgan fingerprint density at radius 3 is 2.30 bits per heavy atom. The van der Waals surface area contributed by atoms with Gasteiger partial charge in [0.1, 0.15) is 11.8 Å². The lowest BCUT2D eigenvalue weighted by Gasteiger charge is -1.88. The van der Waals surface area contributed by atoms with Crippen LogP contribution in [0.4, 0.5) is 0 Å². The van der Waals surface area contributed by atoms with E-state index < -0.39 is 0 Å². The van der Waals surface area contributed by atoms with E-state index >= 15 is 0 Å². The van der Waals surface area contributed by atoms with Crippen LogP contribution in [0.2, 0.25) is 0 Å². The Morgan fingerprint density at radius 1 is 1.30 bits per heavy atom. The van der Waals surface area contributed by atoms with Gasteiger partial charge in [-0.1, -0.05) is 0 Å². The van der Waals surface area contributed by atoms with E-state index in [1.54, 1.807) is 0 Å². The molecule has 0 fully saturated rings. The van der Waals surface area contributed by atoms with Crippen LogP contribution in [0.3, 0.4) is 0 Å². The zero-order chi connectivity index (χ0) is 7.40. The highest BCUT2D eigenvalue weighted by atomic mass is 14.8. The van der Waals surface area contributed by atoms with Crippen LogP contribution >= 0.6 is 0 Å². The van der Waals surface area contributed by atoms with Gasteiger partial charge in [-0.25, -0.2) is 9.97 Å². The van der Waals surface area contributed by atoms with Gasteiger partial charge in [0.15, 0.2) is 5.69 Å². The van der Waals surface area contributed by atoms with Crippen molar-refractivity contribution >= 4 is 0 Å². The monoisotopic (exact) mass is 129 g/mol. The topological polar surface area (TPSA) is 49.6 Å². The molecule has 0 atom stereocenters. The molecule has 0 bridgehead atoms. The molecule has 0 spiro atoms. The summed E-state index contributed by atoms with van der Waals surface area (Å²) in [7, 11) is 0. The number of terminal acetylenes is 1. The summed E-state index contributed by atoms with van der Waals surface area (Å²) < 4.78 is 0. The lowest BCUT2D eigenvalue weighted by atomic mass is 10.3. The Labute approximate surface area is 58.4 Å². The van der Waals surface area contributed by atoms with E-state index in [1.165, 1.54) is 12.4 Å². The van der Waals surface area contributed by atoms with Crippen molar-refractivity contribution in [2.45, 2.75) is 0 Å². The zero-order valence-electron chi connectivity index (χ0n) is 5.07. The third-order valence-corrected chi connectivity index (χ3v) is 0.941. The molecule has 3 nitrogen and oxygen atoms in total. The largest absolute Gasteiger partial charge is 0.243 e. The van der Waals surface area contributed by atoms with E-state index in [-0.39, 0.29) is 5.69 Å². The summed E-state index contributed by atoms with van der Waals surface area (Å²) in [5, 5.41) is 8.40. The summed E-state index contributed by atoms with van der Waals surface area (Å²) in [5.74, 6) is 2.25. The molecule has 3 heteroatoms. The van der Waals surface area contributed by atoms with E-state index in [0.29, 0.717) is 5.69 Å². The molecule has 0 amide bonds. The van der Waals surface area contributed by atoms with Crippen molar-refractivity contribution in [2.75, 3.05) is 0 Å². The summed E-state index contributed by atoms with van der Waals surface area (Å²) in [5.41, 5.74) is 0.495. The molecule has 0 unspecified atom stereocenters. The number of nitrogens with zero attached hydrogens (tertiary/aromatic N) is 3. The van der Waals surface area contributed by atoms with Gasteiger partial charge < -0.3 is 0 Å². The highest BCUT2D eigenvalue weighted by Gasteiger charge is 1.97. The van der Waals surface area contributed by atoms with Crippen molar-refractivity contribution in [1.29, 1.82) is 5.26 Å². The second kappa shape index (κ2) is 2.61. The van der Waals surface area contributed by atoms with Crippen LogP contribution in [0.1, 0.15) is 11.4 Å². The standard InChI is InChI=1S/C7H3N3/c1-2-6-7(5-8)10-4-3-9-6/h1,3-4H. The Hall–Kier alpha value is -1.87. The smallest absolute Gasteiger partial charge is 0.174 e. The van der Waals surface area contributed by atoms with Crippen molar-refractivity contribution in [2.24, 2.45) is 0 Å². The van der Waals surface area contributed by atoms with Gasteiger partial charge in [-0.2, -0.15) is 5.26 Å². The fourth-order valence-electron chi connectivity index (χ4n) is 0.525. The Kier molecular flexibility index (Phi) is 1.63. The van der Waals surface area contributed by atoms with E-state index in [2.05, 4.69) is 15.9 Å². The second-order valence-corrected chi connectivity index (χ2v) is 1.51. The molecule has 1 aromatic heterocycles. The predicted octanol–water partition coefficient (Wildman–Crippen LogP) is 0.330. The summed E-state index contributed by atoms with van der Waals surface area (Å²) in [6.45, 7) is 0. The van der Waals surface area contributed by atoms with Crippen LogP contribution in [0, 0.1) is 23.7 Å². The fourth-order valence-corrected chi connectivity index (χ4v) is 0.525. The molecule has 0 N–H and O–H groups in total. The zero-order valence-corrected chi connectivity index (χ0v) is 5.07. The molecule has 1 heterocycles. The van der Waals surface area contributed by atoms with Gasteiger partial charge in [0.25, 0.3) is 0 Å². The highest BCUT2D eigenvalue weighted by Crippen LogP contribution is 1.95. The van der Waals surface area contributed by atoms with Crippen LogP contribution in [-0.4, -0.2) is 9.97 Å². The molecule has 1 rings (SSSR count). The first kappa shape index (κ1) is 6.25. The summed E-state index contributed by atoms with van der Waals surface area (Å²) in [6.07, 6.45) is 7.91. The SMILES string of the molecule is C#Cc1nccnc1C#N. The molecule has 0 radical (unpaired) electrons. The molecular weight excluding hydrogens is 126 g/mol. The Bertz CT molecular complexity index is 283. The van der Waals surface area contributed by atoms with Crippen molar-refractivity contribution < 1.29 is 0 Å². The number of aromatic nitrogens is 2. The summed E-state index contributed by atoms with van der Waals surface area (Å²) in [4.78, 5) is 7.45. The lowest BCUT2D eigenvalue weighted by Crippen LogP contribution is -1.90. The van der Waals surface area contributed by atoms with Crippen LogP contribution in [0.25, 0.3) is 0 Å². The third-order valence-electron chi connectivity index (χ3n) is 0.941. The van der Waals surface area contributed by atoms with Crippen molar-refractivity contribution in [1.82, 2.24) is 9.97 Å². The molecule has 0 aliphatic rings. The minimum atomic E-state index is 0.199. The van der Waals surface area contributed by atoms with Gasteiger partial charge in [0.05, 0.1) is 0 Å². The highest BCUT2D eigenvalue weighted by molar-refractivity contribution is 5.36. The van der Waals surface area contributed by atoms with E-state index in [0.717, 1.165) is 0 Å². The van der Waals surface area contributed by atoms with Gasteiger partial charge in [0.2, 0.25) is 0 Å². The normalized spacial score (nSPS) is 7.80. The Morgan fingerprint density at radius 2 is 1.90 bits per heavy atom. The molecule has 0 aliphatic carbocycles. The molecule has 0 saturated heterocycles. The average Bonchev–Trinajstić information content (AvgIpc) is 2.04. The van der Waals surface area contributed by atoms with Crippen LogP contribution < -0.4 is 0 Å². The maximum atomic E-state index is 8.40.